The van der Waals surface area contributed by atoms with Crippen molar-refractivity contribution in [3.05, 3.63) is 65.8 Å². The first-order chi connectivity index (χ1) is 12.1. The summed E-state index contributed by atoms with van der Waals surface area (Å²) in [6.45, 7) is 2.47. The van der Waals surface area contributed by atoms with Gasteiger partial charge in [-0.05, 0) is 30.7 Å². The normalized spacial score (nSPS) is 17.3. The van der Waals surface area contributed by atoms with Crippen molar-refractivity contribution < 1.29 is 13.7 Å². The van der Waals surface area contributed by atoms with Gasteiger partial charge < -0.3 is 9.42 Å². The Morgan fingerprint density at radius 3 is 2.84 bits per heavy atom. The van der Waals surface area contributed by atoms with Crippen LogP contribution in [0.4, 0.5) is 10.1 Å². The molecule has 0 saturated carbocycles. The van der Waals surface area contributed by atoms with Gasteiger partial charge in [0.15, 0.2) is 0 Å². The molecule has 2 aromatic carbocycles. The number of aromatic nitrogens is 2. The Bertz CT molecular complexity index is 938. The summed E-state index contributed by atoms with van der Waals surface area (Å²) >= 11 is 0. The highest BCUT2D eigenvalue weighted by Gasteiger charge is 2.35. The summed E-state index contributed by atoms with van der Waals surface area (Å²) in [5.74, 6) is 0.248. The highest BCUT2D eigenvalue weighted by atomic mass is 19.1. The maximum absolute atomic E-state index is 13.4. The molecule has 1 unspecified atom stereocenters. The van der Waals surface area contributed by atoms with Gasteiger partial charge >= 0.3 is 0 Å². The number of anilines is 1. The molecule has 2 heterocycles. The number of benzene rings is 2. The van der Waals surface area contributed by atoms with Crippen LogP contribution in [0.15, 0.2) is 53.1 Å². The number of nitrogens with zero attached hydrogens (tertiary/aromatic N) is 3. The number of rotatable bonds is 3. The fourth-order valence-corrected chi connectivity index (χ4v) is 3.12. The first kappa shape index (κ1) is 15.5. The van der Waals surface area contributed by atoms with Crippen molar-refractivity contribution in [2.45, 2.75) is 19.3 Å². The van der Waals surface area contributed by atoms with Gasteiger partial charge in [0.1, 0.15) is 5.82 Å². The quantitative estimate of drug-likeness (QED) is 0.731. The van der Waals surface area contributed by atoms with Gasteiger partial charge in [-0.15, -0.1) is 0 Å². The largest absolute Gasteiger partial charge is 0.339 e. The predicted octanol–water partition coefficient (Wildman–Crippen LogP) is 3.70. The average molecular weight is 337 g/mol. The van der Waals surface area contributed by atoms with Crippen molar-refractivity contribution in [2.75, 3.05) is 11.4 Å². The van der Waals surface area contributed by atoms with E-state index in [0.29, 0.717) is 30.2 Å². The molecule has 0 radical (unpaired) electrons. The summed E-state index contributed by atoms with van der Waals surface area (Å²) in [6.07, 6.45) is 0.319. The summed E-state index contributed by atoms with van der Waals surface area (Å²) < 4.78 is 18.7. The summed E-state index contributed by atoms with van der Waals surface area (Å²) in [6, 6.07) is 13.8. The minimum atomic E-state index is -0.356. The van der Waals surface area contributed by atoms with Gasteiger partial charge in [-0.2, -0.15) is 4.98 Å². The third-order valence-electron chi connectivity index (χ3n) is 4.41. The van der Waals surface area contributed by atoms with Crippen LogP contribution in [0.1, 0.15) is 23.8 Å². The lowest BCUT2D eigenvalue weighted by Crippen LogP contribution is -2.25. The summed E-state index contributed by atoms with van der Waals surface area (Å²) in [4.78, 5) is 18.5. The maximum Gasteiger partial charge on any atom is 0.232 e. The second-order valence-electron chi connectivity index (χ2n) is 6.16. The Balaban J connectivity index is 1.58. The Kier molecular flexibility index (Phi) is 3.80. The van der Waals surface area contributed by atoms with Crippen molar-refractivity contribution in [3.8, 4) is 11.4 Å². The number of aryl methyl sites for hydroxylation is 1. The van der Waals surface area contributed by atoms with Crippen molar-refractivity contribution in [2.24, 2.45) is 0 Å². The van der Waals surface area contributed by atoms with E-state index >= 15 is 0 Å². The number of carbonyl (C=O) groups excluding carboxylic acids is 1. The Morgan fingerprint density at radius 1 is 1.20 bits per heavy atom. The fraction of sp³-hybridized carbons (Fsp3) is 0.211. The molecule has 1 aliphatic heterocycles. The molecule has 0 bridgehead atoms. The van der Waals surface area contributed by atoms with E-state index in [9.17, 15) is 9.18 Å². The number of para-hydroxylation sites is 1. The zero-order valence-electron chi connectivity index (χ0n) is 13.6. The molecule has 4 rings (SSSR count). The first-order valence-corrected chi connectivity index (χ1v) is 8.07. The average Bonchev–Trinajstić information content (AvgIpc) is 3.22. The number of carbonyl (C=O) groups is 1. The Labute approximate surface area is 144 Å². The molecule has 0 aliphatic carbocycles. The van der Waals surface area contributed by atoms with Crippen molar-refractivity contribution in [1.82, 2.24) is 10.1 Å². The summed E-state index contributed by atoms with van der Waals surface area (Å²) in [5, 5.41) is 3.93. The lowest BCUT2D eigenvalue weighted by Gasteiger charge is -2.18. The number of hydrogen-bond acceptors (Lipinski definition) is 4. The zero-order chi connectivity index (χ0) is 17.4. The van der Waals surface area contributed by atoms with Gasteiger partial charge in [0.25, 0.3) is 0 Å². The van der Waals surface area contributed by atoms with Crippen molar-refractivity contribution in [3.63, 3.8) is 0 Å². The summed E-state index contributed by atoms with van der Waals surface area (Å²) in [5.41, 5.74) is 2.50. The molecule has 1 atom stereocenters. The Hall–Kier alpha value is -3.02. The van der Waals surface area contributed by atoms with Crippen molar-refractivity contribution >= 4 is 11.6 Å². The minimum Gasteiger partial charge on any atom is -0.339 e. The van der Waals surface area contributed by atoms with E-state index in [0.717, 1.165) is 11.3 Å². The van der Waals surface area contributed by atoms with Crippen molar-refractivity contribution in [1.29, 1.82) is 0 Å². The molecule has 6 heteroatoms. The minimum absolute atomic E-state index is 0.0322. The molecule has 1 aliphatic rings. The van der Waals surface area contributed by atoms with Crippen LogP contribution in [-0.2, 0) is 4.79 Å². The zero-order valence-corrected chi connectivity index (χ0v) is 13.6. The van der Waals surface area contributed by atoms with Gasteiger partial charge in [0, 0.05) is 24.2 Å². The predicted molar refractivity (Wildman–Crippen MR) is 90.6 cm³/mol. The molecule has 1 saturated heterocycles. The SMILES string of the molecule is Cc1ccccc1N1CC(c2nc(-c3cccc(F)c3)no2)CC1=O. The highest BCUT2D eigenvalue weighted by Crippen LogP contribution is 2.33. The third-order valence-corrected chi connectivity index (χ3v) is 4.41. The molecule has 1 fully saturated rings. The van der Waals surface area contributed by atoms with E-state index in [1.165, 1.54) is 12.1 Å². The standard InChI is InChI=1S/C19H16FN3O2/c1-12-5-2-3-8-16(12)23-11-14(10-17(23)24)19-21-18(22-25-19)13-6-4-7-15(20)9-13/h2-9,14H,10-11H2,1H3. The maximum atomic E-state index is 13.4. The van der Waals surface area contributed by atoms with Gasteiger partial charge in [0.2, 0.25) is 17.6 Å². The summed E-state index contributed by atoms with van der Waals surface area (Å²) in [7, 11) is 0. The van der Waals surface area contributed by atoms with Crippen LogP contribution in [0.25, 0.3) is 11.4 Å². The monoisotopic (exact) mass is 337 g/mol. The molecule has 0 N–H and O–H groups in total. The van der Waals surface area contributed by atoms with Crippen LogP contribution in [0, 0.1) is 12.7 Å². The van der Waals surface area contributed by atoms with Gasteiger partial charge in [-0.1, -0.05) is 35.5 Å². The highest BCUT2D eigenvalue weighted by molar-refractivity contribution is 5.97. The first-order valence-electron chi connectivity index (χ1n) is 8.07. The smallest absolute Gasteiger partial charge is 0.232 e. The van der Waals surface area contributed by atoms with Gasteiger partial charge in [-0.3, -0.25) is 4.79 Å². The van der Waals surface area contributed by atoms with E-state index in [1.54, 1.807) is 17.0 Å². The van der Waals surface area contributed by atoms with E-state index in [4.69, 9.17) is 4.52 Å². The van der Waals surface area contributed by atoms with Crippen LogP contribution in [0.5, 0.6) is 0 Å². The second kappa shape index (κ2) is 6.12. The van der Waals surface area contributed by atoms with E-state index in [2.05, 4.69) is 10.1 Å². The van der Waals surface area contributed by atoms with Crippen LogP contribution in [0.2, 0.25) is 0 Å². The van der Waals surface area contributed by atoms with Crippen LogP contribution in [0.3, 0.4) is 0 Å². The van der Waals surface area contributed by atoms with Crippen LogP contribution in [-0.4, -0.2) is 22.6 Å². The Morgan fingerprint density at radius 2 is 2.04 bits per heavy atom. The van der Waals surface area contributed by atoms with E-state index < -0.39 is 0 Å². The molecule has 126 valence electrons. The van der Waals surface area contributed by atoms with E-state index in [1.807, 2.05) is 31.2 Å². The number of halogens is 1. The van der Waals surface area contributed by atoms with Gasteiger partial charge in [0.05, 0.1) is 5.92 Å². The molecule has 1 amide bonds. The molecular weight excluding hydrogens is 321 g/mol. The van der Waals surface area contributed by atoms with Crippen LogP contribution < -0.4 is 4.90 Å². The van der Waals surface area contributed by atoms with Crippen LogP contribution >= 0.6 is 0 Å². The second-order valence-corrected chi connectivity index (χ2v) is 6.16. The van der Waals surface area contributed by atoms with Gasteiger partial charge in [-0.25, -0.2) is 4.39 Å². The van der Waals surface area contributed by atoms with E-state index in [-0.39, 0.29) is 17.6 Å². The number of hydrogen-bond donors (Lipinski definition) is 0. The topological polar surface area (TPSA) is 59.2 Å². The molecule has 3 aromatic rings. The lowest BCUT2D eigenvalue weighted by molar-refractivity contribution is -0.117. The third kappa shape index (κ3) is 2.91. The molecule has 5 nitrogen and oxygen atoms in total. The molecule has 0 spiro atoms. The molecule has 25 heavy (non-hydrogen) atoms. The lowest BCUT2D eigenvalue weighted by atomic mass is 10.1. The molecular formula is C19H16FN3O2. The number of amides is 1. The fourth-order valence-electron chi connectivity index (χ4n) is 3.12. The molecule has 1 aromatic heterocycles.